The zero-order valence-electron chi connectivity index (χ0n) is 15.7. The number of hydrogen-bond donors (Lipinski definition) is 2. The molecule has 1 aliphatic rings. The van der Waals surface area contributed by atoms with Gasteiger partial charge in [-0.25, -0.2) is 5.43 Å². The third kappa shape index (κ3) is 3.18. The summed E-state index contributed by atoms with van der Waals surface area (Å²) in [7, 11) is 0. The lowest BCUT2D eigenvalue weighted by molar-refractivity contribution is -0.122. The summed E-state index contributed by atoms with van der Waals surface area (Å²) in [6.45, 7) is 1.77. The molecule has 2 N–H and O–H groups in total. The maximum Gasteiger partial charge on any atom is 0.244 e. The molecule has 1 fully saturated rings. The van der Waals surface area contributed by atoms with Crippen LogP contribution in [-0.4, -0.2) is 16.7 Å². The number of carbonyl (C=O) groups is 1. The molecule has 140 valence electrons. The number of nitrogens with one attached hydrogen (secondary N) is 1. The fourth-order valence-electron chi connectivity index (χ4n) is 3.91. The summed E-state index contributed by atoms with van der Waals surface area (Å²) in [6, 6.07) is 27.3. The van der Waals surface area contributed by atoms with Crippen LogP contribution in [0, 0.1) is 5.92 Å². The summed E-state index contributed by atoms with van der Waals surface area (Å²) >= 11 is 0. The zero-order chi connectivity index (χ0) is 19.6. The Hall–Kier alpha value is -3.40. The summed E-state index contributed by atoms with van der Waals surface area (Å²) in [5.41, 5.74) is 5.84. The van der Waals surface area contributed by atoms with Crippen molar-refractivity contribution in [3.05, 3.63) is 102 Å². The first-order valence-corrected chi connectivity index (χ1v) is 9.36. The molecule has 4 heteroatoms. The second kappa shape index (κ2) is 7.31. The van der Waals surface area contributed by atoms with E-state index in [-0.39, 0.29) is 23.0 Å². The molecule has 0 bridgehead atoms. The standard InChI is InChI=1S/C24H22N2O2/c1-17(20-14-8-9-15-22(20)27)25-26-23(28)21-16-24(21,18-10-4-2-5-11-18)19-12-6-3-7-13-19/h2-15,21,27H,16H2,1H3,(H,26,28)/b25-17+/t21-/m1/s1. The molecule has 0 heterocycles. The number of benzene rings is 3. The van der Waals surface area contributed by atoms with Crippen LogP contribution in [0.15, 0.2) is 90.0 Å². The van der Waals surface area contributed by atoms with Crippen LogP contribution in [0.2, 0.25) is 0 Å². The lowest BCUT2D eigenvalue weighted by atomic mass is 9.85. The van der Waals surface area contributed by atoms with Gasteiger partial charge in [-0.1, -0.05) is 72.8 Å². The van der Waals surface area contributed by atoms with Crippen molar-refractivity contribution < 1.29 is 9.90 Å². The van der Waals surface area contributed by atoms with E-state index >= 15 is 0 Å². The van der Waals surface area contributed by atoms with E-state index < -0.39 is 0 Å². The van der Waals surface area contributed by atoms with Crippen molar-refractivity contribution in [2.24, 2.45) is 11.0 Å². The molecule has 0 spiro atoms. The number of nitrogens with zero attached hydrogens (tertiary/aromatic N) is 1. The van der Waals surface area contributed by atoms with Gasteiger partial charge < -0.3 is 5.11 Å². The van der Waals surface area contributed by atoms with E-state index in [2.05, 4.69) is 34.8 Å². The van der Waals surface area contributed by atoms with Crippen LogP contribution in [0.25, 0.3) is 0 Å². The fraction of sp³-hybridized carbons (Fsp3) is 0.167. The van der Waals surface area contributed by atoms with Crippen LogP contribution < -0.4 is 5.43 Å². The Morgan fingerprint density at radius 3 is 2.04 bits per heavy atom. The first-order chi connectivity index (χ1) is 13.6. The molecule has 3 aromatic carbocycles. The van der Waals surface area contributed by atoms with Gasteiger partial charge in [0.2, 0.25) is 5.91 Å². The lowest BCUT2D eigenvalue weighted by Crippen LogP contribution is -2.26. The van der Waals surface area contributed by atoms with Gasteiger partial charge in [0.1, 0.15) is 5.75 Å². The summed E-state index contributed by atoms with van der Waals surface area (Å²) in [4.78, 5) is 12.9. The molecule has 0 aromatic heterocycles. The average Bonchev–Trinajstić information content (AvgIpc) is 3.51. The SMILES string of the molecule is C/C(=N\NC(=O)[C@H]1CC1(c1ccccc1)c1ccccc1)c1ccccc1O. The van der Waals surface area contributed by atoms with Crippen molar-refractivity contribution in [2.75, 3.05) is 0 Å². The van der Waals surface area contributed by atoms with Crippen LogP contribution in [0.1, 0.15) is 30.0 Å². The van der Waals surface area contributed by atoms with Crippen molar-refractivity contribution in [3.8, 4) is 5.75 Å². The van der Waals surface area contributed by atoms with Gasteiger partial charge >= 0.3 is 0 Å². The van der Waals surface area contributed by atoms with E-state index in [1.807, 2.05) is 42.5 Å². The molecule has 28 heavy (non-hydrogen) atoms. The highest BCUT2D eigenvalue weighted by atomic mass is 16.3. The summed E-state index contributed by atoms with van der Waals surface area (Å²) < 4.78 is 0. The van der Waals surface area contributed by atoms with Crippen LogP contribution in [0.4, 0.5) is 0 Å². The Bertz CT molecular complexity index is 974. The third-order valence-corrected chi connectivity index (χ3v) is 5.48. The summed E-state index contributed by atoms with van der Waals surface area (Å²) in [5.74, 6) is -0.145. The minimum atomic E-state index is -0.315. The number of carbonyl (C=O) groups excluding carboxylic acids is 1. The first kappa shape index (κ1) is 18.0. The topological polar surface area (TPSA) is 61.7 Å². The van der Waals surface area contributed by atoms with Gasteiger partial charge in [0.15, 0.2) is 0 Å². The zero-order valence-corrected chi connectivity index (χ0v) is 15.7. The van der Waals surface area contributed by atoms with Gasteiger partial charge in [0, 0.05) is 11.0 Å². The van der Waals surface area contributed by atoms with Gasteiger partial charge in [-0.2, -0.15) is 5.10 Å². The Labute approximate surface area is 164 Å². The highest BCUT2D eigenvalue weighted by molar-refractivity contribution is 6.01. The van der Waals surface area contributed by atoms with Gasteiger partial charge in [0.05, 0.1) is 11.6 Å². The van der Waals surface area contributed by atoms with Crippen molar-refractivity contribution in [1.82, 2.24) is 5.43 Å². The Kier molecular flexibility index (Phi) is 4.70. The molecule has 4 nitrogen and oxygen atoms in total. The number of phenols is 1. The van der Waals surface area contributed by atoms with E-state index in [0.29, 0.717) is 11.3 Å². The van der Waals surface area contributed by atoms with E-state index in [0.717, 1.165) is 17.5 Å². The predicted molar refractivity (Wildman–Crippen MR) is 110 cm³/mol. The van der Waals surface area contributed by atoms with Crippen LogP contribution in [0.3, 0.4) is 0 Å². The van der Waals surface area contributed by atoms with Crippen LogP contribution in [-0.2, 0) is 10.2 Å². The molecule has 1 amide bonds. The third-order valence-electron chi connectivity index (χ3n) is 5.48. The second-order valence-electron chi connectivity index (χ2n) is 7.15. The van der Waals surface area contributed by atoms with Crippen LogP contribution >= 0.6 is 0 Å². The number of rotatable bonds is 5. The number of phenolic OH excluding ortho intramolecular Hbond substituents is 1. The van der Waals surface area contributed by atoms with Gasteiger partial charge in [-0.15, -0.1) is 0 Å². The molecule has 4 rings (SSSR count). The molecule has 0 unspecified atom stereocenters. The molecule has 1 atom stereocenters. The first-order valence-electron chi connectivity index (χ1n) is 9.36. The number of aromatic hydroxyl groups is 1. The molecule has 1 aliphatic carbocycles. The fourth-order valence-corrected chi connectivity index (χ4v) is 3.91. The summed E-state index contributed by atoms with van der Waals surface area (Å²) in [5, 5.41) is 14.2. The number of amides is 1. The molecule has 3 aromatic rings. The largest absolute Gasteiger partial charge is 0.507 e. The van der Waals surface area contributed by atoms with E-state index in [4.69, 9.17) is 0 Å². The van der Waals surface area contributed by atoms with Crippen molar-refractivity contribution in [1.29, 1.82) is 0 Å². The minimum absolute atomic E-state index is 0.109. The predicted octanol–water partition coefficient (Wildman–Crippen LogP) is 4.24. The van der Waals surface area contributed by atoms with Gasteiger partial charge in [-0.05, 0) is 36.6 Å². The average molecular weight is 370 g/mol. The van der Waals surface area contributed by atoms with Crippen molar-refractivity contribution in [3.63, 3.8) is 0 Å². The number of hydrazone groups is 1. The molecule has 0 aliphatic heterocycles. The monoisotopic (exact) mass is 370 g/mol. The van der Waals surface area contributed by atoms with Crippen molar-refractivity contribution in [2.45, 2.75) is 18.8 Å². The highest BCUT2D eigenvalue weighted by Gasteiger charge is 2.60. The van der Waals surface area contributed by atoms with Crippen LogP contribution in [0.5, 0.6) is 5.75 Å². The smallest absolute Gasteiger partial charge is 0.244 e. The quantitative estimate of drug-likeness (QED) is 0.521. The Morgan fingerprint density at radius 1 is 0.929 bits per heavy atom. The number of hydrogen-bond acceptors (Lipinski definition) is 3. The molecule has 0 saturated heterocycles. The second-order valence-corrected chi connectivity index (χ2v) is 7.15. The summed E-state index contributed by atoms with van der Waals surface area (Å²) in [6.07, 6.45) is 0.748. The molecule has 0 radical (unpaired) electrons. The molecule has 1 saturated carbocycles. The molecular formula is C24H22N2O2. The van der Waals surface area contributed by atoms with Gasteiger partial charge in [-0.3, -0.25) is 4.79 Å². The normalized spacial score (nSPS) is 17.8. The molecular weight excluding hydrogens is 348 g/mol. The lowest BCUT2D eigenvalue weighted by Gasteiger charge is -2.18. The van der Waals surface area contributed by atoms with E-state index in [9.17, 15) is 9.90 Å². The van der Waals surface area contributed by atoms with Gasteiger partial charge in [0.25, 0.3) is 0 Å². The maximum atomic E-state index is 12.9. The Balaban J connectivity index is 1.58. The number of para-hydroxylation sites is 1. The van der Waals surface area contributed by atoms with E-state index in [1.165, 1.54) is 0 Å². The Morgan fingerprint density at radius 2 is 1.46 bits per heavy atom. The minimum Gasteiger partial charge on any atom is -0.507 e. The maximum absolute atomic E-state index is 12.9. The highest BCUT2D eigenvalue weighted by Crippen LogP contribution is 2.58. The van der Waals surface area contributed by atoms with Crippen molar-refractivity contribution >= 4 is 11.6 Å². The van der Waals surface area contributed by atoms with E-state index in [1.54, 1.807) is 25.1 Å².